The van der Waals surface area contributed by atoms with E-state index in [1.165, 1.54) is 16.2 Å². The maximum atomic E-state index is 13.0. The lowest BCUT2D eigenvalue weighted by Crippen LogP contribution is -2.32. The molecule has 3 aromatic rings. The molecule has 7 heteroatoms. The zero-order valence-electron chi connectivity index (χ0n) is 15.4. The highest BCUT2D eigenvalue weighted by Crippen LogP contribution is 2.43. The Kier molecular flexibility index (Phi) is 6.69. The first-order valence-corrected chi connectivity index (χ1v) is 9.93. The van der Waals surface area contributed by atoms with Crippen molar-refractivity contribution in [1.29, 1.82) is 0 Å². The second-order valence-corrected chi connectivity index (χ2v) is 7.56. The summed E-state index contributed by atoms with van der Waals surface area (Å²) in [5, 5.41) is 9.86. The summed E-state index contributed by atoms with van der Waals surface area (Å²) in [6.07, 6.45) is 0.287. The quantitative estimate of drug-likeness (QED) is 0.377. The van der Waals surface area contributed by atoms with Crippen molar-refractivity contribution >= 4 is 40.7 Å². The molecule has 1 N–H and O–H groups in total. The van der Waals surface area contributed by atoms with Crippen LogP contribution in [0, 0.1) is 0 Å². The van der Waals surface area contributed by atoms with Crippen molar-refractivity contribution in [2.45, 2.75) is 6.42 Å². The average Bonchev–Trinajstić information content (AvgIpc) is 3.11. The first-order valence-electron chi connectivity index (χ1n) is 8.73. The molecule has 5 nitrogen and oxygen atoms in total. The second kappa shape index (κ2) is 9.41. The first kappa shape index (κ1) is 20.6. The molecule has 0 atom stereocenters. The van der Waals surface area contributed by atoms with Gasteiger partial charge < -0.3 is 14.7 Å². The molecule has 1 aromatic heterocycles. The van der Waals surface area contributed by atoms with Gasteiger partial charge in [0.15, 0.2) is 0 Å². The summed E-state index contributed by atoms with van der Waals surface area (Å²) in [5.74, 6) is -0.208. The van der Waals surface area contributed by atoms with Gasteiger partial charge in [-0.1, -0.05) is 71.5 Å². The normalized spacial score (nSPS) is 10.4. The number of carboxylic acid groups (broad SMARTS) is 1. The van der Waals surface area contributed by atoms with Crippen molar-refractivity contribution in [3.63, 3.8) is 0 Å². The van der Waals surface area contributed by atoms with Gasteiger partial charge in [0.1, 0.15) is 0 Å². The lowest BCUT2D eigenvalue weighted by atomic mass is 10.1. The summed E-state index contributed by atoms with van der Waals surface area (Å²) in [4.78, 5) is 26.5. The van der Waals surface area contributed by atoms with Crippen LogP contribution < -0.4 is 9.64 Å². The van der Waals surface area contributed by atoms with Crippen LogP contribution in [0.25, 0.3) is 10.4 Å². The summed E-state index contributed by atoms with van der Waals surface area (Å²) in [7, 11) is 0. The Balaban J connectivity index is 1.97. The third kappa shape index (κ3) is 5.25. The van der Waals surface area contributed by atoms with Crippen LogP contribution in [0.2, 0.25) is 5.02 Å². The van der Waals surface area contributed by atoms with Crippen molar-refractivity contribution < 1.29 is 19.4 Å². The van der Waals surface area contributed by atoms with Gasteiger partial charge in [-0.2, -0.15) is 0 Å². The lowest BCUT2D eigenvalue weighted by molar-refractivity contribution is -0.117. The molecule has 0 spiro atoms. The molecule has 2 aromatic carbocycles. The number of anilines is 1. The molecule has 0 unspecified atom stereocenters. The molecule has 0 fully saturated rings. The number of carbonyl (C=O) groups is 2. The number of amides is 1. The van der Waals surface area contributed by atoms with E-state index < -0.39 is 6.16 Å². The molecule has 0 radical (unpaired) electrons. The average molecular weight is 428 g/mol. The van der Waals surface area contributed by atoms with Crippen molar-refractivity contribution in [2.75, 3.05) is 11.4 Å². The molecule has 1 amide bonds. The van der Waals surface area contributed by atoms with Crippen molar-refractivity contribution in [1.82, 2.24) is 0 Å². The third-order valence-electron chi connectivity index (χ3n) is 4.09. The molecular formula is C22H18ClNO4S. The van der Waals surface area contributed by atoms with Crippen LogP contribution in [0.15, 0.2) is 73.3 Å². The van der Waals surface area contributed by atoms with Crippen LogP contribution in [0.4, 0.5) is 10.5 Å². The monoisotopic (exact) mass is 427 g/mol. The van der Waals surface area contributed by atoms with Gasteiger partial charge in [0.25, 0.3) is 0 Å². The van der Waals surface area contributed by atoms with E-state index in [1.807, 2.05) is 30.3 Å². The van der Waals surface area contributed by atoms with Gasteiger partial charge in [-0.3, -0.25) is 4.79 Å². The summed E-state index contributed by atoms with van der Waals surface area (Å²) >= 11 is 7.08. The lowest BCUT2D eigenvalue weighted by Gasteiger charge is -2.21. The summed E-state index contributed by atoms with van der Waals surface area (Å²) in [6.45, 7) is 3.93. The van der Waals surface area contributed by atoms with Crippen LogP contribution in [0.5, 0.6) is 5.06 Å². The Morgan fingerprint density at radius 1 is 1.14 bits per heavy atom. The van der Waals surface area contributed by atoms with E-state index in [-0.39, 0.29) is 23.9 Å². The Labute approximate surface area is 177 Å². The highest BCUT2D eigenvalue weighted by atomic mass is 35.5. The van der Waals surface area contributed by atoms with Gasteiger partial charge in [0, 0.05) is 16.4 Å². The maximum Gasteiger partial charge on any atom is 0.512 e. The van der Waals surface area contributed by atoms with E-state index >= 15 is 0 Å². The smallest absolute Gasteiger partial charge is 0.449 e. The van der Waals surface area contributed by atoms with Crippen LogP contribution in [-0.2, 0) is 11.2 Å². The number of rotatable bonds is 7. The topological polar surface area (TPSA) is 66.8 Å². The number of hydrogen-bond donors (Lipinski definition) is 1. The zero-order valence-corrected chi connectivity index (χ0v) is 16.9. The summed E-state index contributed by atoms with van der Waals surface area (Å²) in [5.41, 5.74) is 2.10. The molecule has 0 saturated heterocycles. The Bertz CT molecular complexity index is 1020. The number of hydrogen-bond acceptors (Lipinski definition) is 4. The predicted molar refractivity (Wildman–Crippen MR) is 116 cm³/mol. The van der Waals surface area contributed by atoms with Gasteiger partial charge in [0.05, 0.1) is 12.1 Å². The van der Waals surface area contributed by atoms with Crippen LogP contribution >= 0.6 is 22.9 Å². The molecule has 0 aliphatic carbocycles. The molecule has 0 aliphatic rings. The number of ether oxygens (including phenoxy) is 1. The molecule has 3 rings (SSSR count). The number of thiophene rings is 1. The minimum Gasteiger partial charge on any atom is -0.449 e. The van der Waals surface area contributed by atoms with Crippen molar-refractivity contribution in [3.05, 3.63) is 83.9 Å². The van der Waals surface area contributed by atoms with Crippen molar-refractivity contribution in [3.8, 4) is 15.5 Å². The second-order valence-electron chi connectivity index (χ2n) is 6.11. The fraction of sp³-hybridized carbons (Fsp3) is 0.0909. The minimum atomic E-state index is -1.43. The molecule has 1 heterocycles. The Morgan fingerprint density at radius 3 is 2.45 bits per heavy atom. The highest BCUT2D eigenvalue weighted by Gasteiger charge is 2.24. The van der Waals surface area contributed by atoms with E-state index in [9.17, 15) is 9.59 Å². The van der Waals surface area contributed by atoms with Crippen LogP contribution in [0.1, 0.15) is 5.56 Å². The Morgan fingerprint density at radius 2 is 1.83 bits per heavy atom. The number of carbonyl (C=O) groups excluding carboxylic acids is 1. The first-order chi connectivity index (χ1) is 14.0. The minimum absolute atomic E-state index is 0.133. The zero-order chi connectivity index (χ0) is 20.8. The van der Waals surface area contributed by atoms with E-state index in [1.54, 1.807) is 36.4 Å². The largest absolute Gasteiger partial charge is 0.512 e. The SMILES string of the molecule is C=CCN(C(=O)Cc1ccc(Cl)cc1)c1cc(-c2ccccc2)sc1OC(=O)O. The molecule has 0 saturated carbocycles. The van der Waals surface area contributed by atoms with Gasteiger partial charge in [-0.05, 0) is 29.3 Å². The number of halogens is 1. The van der Waals surface area contributed by atoms with Gasteiger partial charge in [-0.25, -0.2) is 4.79 Å². The maximum absolute atomic E-state index is 13.0. The molecular weight excluding hydrogens is 410 g/mol. The number of benzene rings is 2. The Hall–Kier alpha value is -3.09. The number of nitrogens with zero attached hydrogens (tertiary/aromatic N) is 1. The predicted octanol–water partition coefficient (Wildman–Crippen LogP) is 5.89. The molecule has 29 heavy (non-hydrogen) atoms. The van der Waals surface area contributed by atoms with Crippen molar-refractivity contribution in [2.24, 2.45) is 0 Å². The fourth-order valence-electron chi connectivity index (χ4n) is 2.79. The van der Waals surface area contributed by atoms with Crippen LogP contribution in [-0.4, -0.2) is 23.7 Å². The standard InChI is InChI=1S/C22H18ClNO4S/c1-2-12-24(20(25)13-15-8-10-17(23)11-9-15)18-14-19(16-6-4-3-5-7-16)29-21(18)28-22(26)27/h2-11,14H,1,12-13H2,(H,26,27). The van der Waals surface area contributed by atoms with Gasteiger partial charge >= 0.3 is 6.16 Å². The molecule has 0 bridgehead atoms. The highest BCUT2D eigenvalue weighted by molar-refractivity contribution is 7.18. The van der Waals surface area contributed by atoms with E-state index in [0.29, 0.717) is 10.7 Å². The van der Waals surface area contributed by atoms with E-state index in [2.05, 4.69) is 6.58 Å². The molecule has 0 aliphatic heterocycles. The fourth-order valence-corrected chi connectivity index (χ4v) is 3.92. The summed E-state index contributed by atoms with van der Waals surface area (Å²) < 4.78 is 4.98. The third-order valence-corrected chi connectivity index (χ3v) is 5.39. The van der Waals surface area contributed by atoms with Gasteiger partial charge in [-0.15, -0.1) is 6.58 Å². The van der Waals surface area contributed by atoms with Gasteiger partial charge in [0.2, 0.25) is 11.0 Å². The molecule has 148 valence electrons. The van der Waals surface area contributed by atoms with E-state index in [4.69, 9.17) is 21.4 Å². The summed E-state index contributed by atoms with van der Waals surface area (Å²) in [6, 6.07) is 18.3. The van der Waals surface area contributed by atoms with Crippen LogP contribution in [0.3, 0.4) is 0 Å². The van der Waals surface area contributed by atoms with E-state index in [0.717, 1.165) is 16.0 Å².